The first-order valence-corrected chi connectivity index (χ1v) is 12.3. The van der Waals surface area contributed by atoms with Crippen LogP contribution in [0.1, 0.15) is 46.3 Å². The van der Waals surface area contributed by atoms with Crippen molar-refractivity contribution in [3.8, 4) is 0 Å². The van der Waals surface area contributed by atoms with E-state index in [-0.39, 0.29) is 17.6 Å². The number of hydrogen-bond donors (Lipinski definition) is 1. The van der Waals surface area contributed by atoms with Gasteiger partial charge in [-0.2, -0.15) is 0 Å². The van der Waals surface area contributed by atoms with Crippen LogP contribution in [0.4, 0.5) is 11.4 Å². The Morgan fingerprint density at radius 3 is 1.97 bits per heavy atom. The number of fused-ring (bicyclic) bond motifs is 1. The summed E-state index contributed by atoms with van der Waals surface area (Å²) < 4.78 is 0. The third-order valence-corrected chi connectivity index (χ3v) is 7.11. The highest BCUT2D eigenvalue weighted by Gasteiger charge is 2.41. The predicted molar refractivity (Wildman–Crippen MR) is 143 cm³/mol. The lowest BCUT2D eigenvalue weighted by molar-refractivity contribution is -0.116. The van der Waals surface area contributed by atoms with E-state index in [0.29, 0.717) is 24.0 Å². The van der Waals surface area contributed by atoms with Crippen molar-refractivity contribution in [2.24, 2.45) is 0 Å². The van der Waals surface area contributed by atoms with Gasteiger partial charge in [0.25, 0.3) is 5.91 Å². The normalized spacial score (nSPS) is 19.1. The Balaban J connectivity index is 1.56. The number of carbonyl (C=O) groups excluding carboxylic acids is 2. The second-order valence-corrected chi connectivity index (χ2v) is 9.33. The minimum atomic E-state index is -0.533. The van der Waals surface area contributed by atoms with E-state index in [1.807, 2.05) is 103 Å². The zero-order chi connectivity index (χ0) is 24.5. The van der Waals surface area contributed by atoms with Crippen molar-refractivity contribution in [3.05, 3.63) is 143 Å². The first kappa shape index (κ1) is 22.1. The lowest BCUT2D eigenvalue weighted by Gasteiger charge is -2.35. The van der Waals surface area contributed by atoms with Crippen LogP contribution in [0.15, 0.2) is 127 Å². The molecule has 1 heterocycles. The fraction of sp³-hybridized carbons (Fsp3) is 0.125. The van der Waals surface area contributed by atoms with Crippen molar-refractivity contribution >= 4 is 23.1 Å². The van der Waals surface area contributed by atoms with Gasteiger partial charge in [-0.05, 0) is 47.7 Å². The second-order valence-electron chi connectivity index (χ2n) is 9.33. The first-order chi connectivity index (χ1) is 17.7. The number of para-hydroxylation sites is 2. The number of carbonyl (C=O) groups is 2. The Bertz CT molecular complexity index is 1450. The van der Waals surface area contributed by atoms with Crippen LogP contribution in [-0.4, -0.2) is 11.7 Å². The van der Waals surface area contributed by atoms with Crippen LogP contribution in [0.3, 0.4) is 0 Å². The highest BCUT2D eigenvalue weighted by molar-refractivity contribution is 6.12. The van der Waals surface area contributed by atoms with Gasteiger partial charge in [0.15, 0.2) is 5.78 Å². The van der Waals surface area contributed by atoms with Gasteiger partial charge in [-0.15, -0.1) is 0 Å². The quantitative estimate of drug-likeness (QED) is 0.354. The number of Topliss-reactive ketones (excluding diaryl/α,β-unsaturated/α-hetero) is 1. The number of allylic oxidation sites excluding steroid dienone is 1. The monoisotopic (exact) mass is 470 g/mol. The van der Waals surface area contributed by atoms with E-state index in [4.69, 9.17) is 0 Å². The van der Waals surface area contributed by atoms with Crippen molar-refractivity contribution in [1.29, 1.82) is 0 Å². The average molecular weight is 471 g/mol. The molecule has 1 aliphatic carbocycles. The molecule has 4 heteroatoms. The predicted octanol–water partition coefficient (Wildman–Crippen LogP) is 6.90. The Kier molecular flexibility index (Phi) is 5.70. The Morgan fingerprint density at radius 1 is 0.694 bits per heavy atom. The molecule has 4 aromatic carbocycles. The average Bonchev–Trinajstić information content (AvgIpc) is 3.09. The van der Waals surface area contributed by atoms with E-state index in [2.05, 4.69) is 17.4 Å². The molecule has 2 atom stereocenters. The molecule has 0 saturated carbocycles. The zero-order valence-electron chi connectivity index (χ0n) is 19.8. The summed E-state index contributed by atoms with van der Waals surface area (Å²) in [6.45, 7) is 0. The molecule has 0 unspecified atom stereocenters. The molecular formula is C32H26N2O2. The number of rotatable bonds is 3. The van der Waals surface area contributed by atoms with Gasteiger partial charge in [-0.25, -0.2) is 0 Å². The molecule has 0 radical (unpaired) electrons. The lowest BCUT2D eigenvalue weighted by atomic mass is 9.78. The van der Waals surface area contributed by atoms with E-state index >= 15 is 0 Å². The maximum absolute atomic E-state index is 14.1. The van der Waals surface area contributed by atoms with Gasteiger partial charge >= 0.3 is 0 Å². The third-order valence-electron chi connectivity index (χ3n) is 7.11. The van der Waals surface area contributed by atoms with E-state index in [0.717, 1.165) is 28.2 Å². The largest absolute Gasteiger partial charge is 0.357 e. The number of hydrogen-bond acceptors (Lipinski definition) is 3. The summed E-state index contributed by atoms with van der Waals surface area (Å²) in [4.78, 5) is 29.9. The Labute approximate surface area is 210 Å². The molecule has 0 saturated heterocycles. The smallest absolute Gasteiger partial charge is 0.259 e. The summed E-state index contributed by atoms with van der Waals surface area (Å²) >= 11 is 0. The van der Waals surface area contributed by atoms with Crippen molar-refractivity contribution in [1.82, 2.24) is 0 Å². The molecule has 2 aliphatic rings. The van der Waals surface area contributed by atoms with Gasteiger partial charge in [-0.3, -0.25) is 14.5 Å². The van der Waals surface area contributed by atoms with Gasteiger partial charge in [-0.1, -0.05) is 91.0 Å². The molecule has 0 spiro atoms. The van der Waals surface area contributed by atoms with Gasteiger partial charge in [0.2, 0.25) is 0 Å². The topological polar surface area (TPSA) is 49.4 Å². The molecule has 1 aliphatic heterocycles. The highest BCUT2D eigenvalue weighted by atomic mass is 16.2. The summed E-state index contributed by atoms with van der Waals surface area (Å²) in [5, 5.41) is 3.59. The van der Waals surface area contributed by atoms with Crippen LogP contribution in [-0.2, 0) is 4.79 Å². The summed E-state index contributed by atoms with van der Waals surface area (Å²) in [5.74, 6) is 0.0282. The molecule has 1 amide bonds. The minimum absolute atomic E-state index is 0.0742. The van der Waals surface area contributed by atoms with Crippen LogP contribution in [0.25, 0.3) is 0 Å². The molecule has 0 aromatic heterocycles. The molecule has 0 bridgehead atoms. The SMILES string of the molecule is O=C1C[C@H](c2ccccc2)CC2=C1[C@@H](c1ccccc1)N(C(=O)c1ccccc1)c1ccccc1N2. The van der Waals surface area contributed by atoms with Crippen LogP contribution >= 0.6 is 0 Å². The van der Waals surface area contributed by atoms with Crippen LogP contribution in [0, 0.1) is 0 Å². The van der Waals surface area contributed by atoms with E-state index in [1.54, 1.807) is 4.90 Å². The summed E-state index contributed by atoms with van der Waals surface area (Å²) in [6.07, 6.45) is 1.12. The Hall–Kier alpha value is -4.44. The summed E-state index contributed by atoms with van der Waals surface area (Å²) in [5.41, 5.74) is 5.82. The van der Waals surface area contributed by atoms with Crippen LogP contribution in [0.5, 0.6) is 0 Å². The van der Waals surface area contributed by atoms with Crippen LogP contribution < -0.4 is 10.2 Å². The minimum Gasteiger partial charge on any atom is -0.357 e. The van der Waals surface area contributed by atoms with Crippen molar-refractivity contribution in [2.75, 3.05) is 10.2 Å². The van der Waals surface area contributed by atoms with E-state index < -0.39 is 6.04 Å². The molecule has 4 nitrogen and oxygen atoms in total. The molecule has 1 N–H and O–H groups in total. The molecule has 4 aromatic rings. The maximum atomic E-state index is 14.1. The molecular weight excluding hydrogens is 444 g/mol. The van der Waals surface area contributed by atoms with Gasteiger partial charge < -0.3 is 5.32 Å². The number of nitrogens with one attached hydrogen (secondary N) is 1. The number of ketones is 1. The van der Waals surface area contributed by atoms with Crippen LogP contribution in [0.2, 0.25) is 0 Å². The zero-order valence-corrected chi connectivity index (χ0v) is 19.8. The van der Waals surface area contributed by atoms with Crippen molar-refractivity contribution in [2.45, 2.75) is 24.8 Å². The Morgan fingerprint density at radius 2 is 1.28 bits per heavy atom. The van der Waals surface area contributed by atoms with E-state index in [1.165, 1.54) is 0 Å². The van der Waals surface area contributed by atoms with Crippen molar-refractivity contribution < 1.29 is 9.59 Å². The first-order valence-electron chi connectivity index (χ1n) is 12.3. The standard InChI is InChI=1S/C32H26N2O2/c35-29-21-25(22-12-4-1-5-13-22)20-27-30(29)31(23-14-6-2-7-15-23)34(28-19-11-10-18-26(28)33-27)32(36)24-16-8-3-9-17-24/h1-19,25,31,33H,20-21H2/t25-,31-/m1/s1. The van der Waals surface area contributed by atoms with Crippen molar-refractivity contribution in [3.63, 3.8) is 0 Å². The number of nitrogens with zero attached hydrogens (tertiary/aromatic N) is 1. The third kappa shape index (κ3) is 3.91. The summed E-state index contributed by atoms with van der Waals surface area (Å²) in [6, 6.07) is 36.7. The number of anilines is 2. The number of amides is 1. The fourth-order valence-electron chi connectivity index (χ4n) is 5.45. The van der Waals surface area contributed by atoms with Gasteiger partial charge in [0.1, 0.15) is 0 Å². The van der Waals surface area contributed by atoms with Gasteiger partial charge in [0.05, 0.1) is 17.4 Å². The molecule has 6 rings (SSSR count). The second kappa shape index (κ2) is 9.31. The number of benzene rings is 4. The summed E-state index contributed by atoms with van der Waals surface area (Å²) in [7, 11) is 0. The van der Waals surface area contributed by atoms with Gasteiger partial charge in [0, 0.05) is 23.3 Å². The lowest BCUT2D eigenvalue weighted by Crippen LogP contribution is -2.38. The fourth-order valence-corrected chi connectivity index (χ4v) is 5.45. The van der Waals surface area contributed by atoms with E-state index in [9.17, 15) is 9.59 Å². The molecule has 36 heavy (non-hydrogen) atoms. The molecule has 176 valence electrons. The molecule has 0 fully saturated rings. The maximum Gasteiger partial charge on any atom is 0.259 e. The highest BCUT2D eigenvalue weighted by Crippen LogP contribution is 2.47.